The lowest BCUT2D eigenvalue weighted by Crippen LogP contribution is -2.24. The van der Waals surface area contributed by atoms with Crippen LogP contribution >= 0.6 is 7.82 Å². The van der Waals surface area contributed by atoms with E-state index >= 15 is 0 Å². The zero-order valence-electron chi connectivity index (χ0n) is 4.44. The summed E-state index contributed by atoms with van der Waals surface area (Å²) in [5.74, 6) is -0.833. The van der Waals surface area contributed by atoms with Crippen molar-refractivity contribution in [3.05, 3.63) is 0 Å². The molecule has 0 fully saturated rings. The molecule has 1 N–H and O–H groups in total. The number of hydrogen-bond acceptors (Lipinski definition) is 5. The number of carboxylic acids is 1. The maximum atomic E-state index is 9.00. The summed E-state index contributed by atoms with van der Waals surface area (Å²) in [7, 11) is -5.39. The lowest BCUT2D eigenvalue weighted by atomic mass is 10.9. The van der Waals surface area contributed by atoms with E-state index in [0.29, 0.717) is 0 Å². The van der Waals surface area contributed by atoms with Crippen LogP contribution < -0.4 is 14.7 Å². The van der Waals surface area contributed by atoms with Gasteiger partial charge in [0.2, 0.25) is 0 Å². The molecule has 9 heavy (non-hydrogen) atoms. The highest BCUT2D eigenvalue weighted by Gasteiger charge is 1.65. The van der Waals surface area contributed by atoms with Crippen LogP contribution in [0.2, 0.25) is 0 Å². The topological polar surface area (TPSA) is 124 Å². The largest absolute Gasteiger partial charge is 0.822 e. The Morgan fingerprint density at radius 2 is 1.44 bits per heavy atom. The van der Waals surface area contributed by atoms with E-state index in [1.807, 2.05) is 0 Å². The third-order valence-corrected chi connectivity index (χ3v) is 0. The van der Waals surface area contributed by atoms with Crippen LogP contribution in [-0.2, 0) is 9.36 Å². The number of rotatable bonds is 0. The predicted octanol–water partition coefficient (Wildman–Crippen LogP) is -2.73. The number of hydrogen-bond donors (Lipinski definition) is 1. The van der Waals surface area contributed by atoms with Crippen molar-refractivity contribution in [3.63, 3.8) is 0 Å². The van der Waals surface area contributed by atoms with Crippen LogP contribution in [0.1, 0.15) is 6.92 Å². The van der Waals surface area contributed by atoms with Crippen molar-refractivity contribution in [1.29, 1.82) is 0 Å². The average molecular weight is 155 g/mol. The van der Waals surface area contributed by atoms with Gasteiger partial charge in [-0.15, -0.1) is 0 Å². The Morgan fingerprint density at radius 1 is 1.44 bits per heavy atom. The second-order valence-electron chi connectivity index (χ2n) is 0.966. The summed E-state index contributed by atoms with van der Waals surface area (Å²) in [6.45, 7) is 1.08. The van der Waals surface area contributed by atoms with Crippen LogP contribution in [0.5, 0.6) is 0 Å². The highest BCUT2D eigenvalue weighted by atomic mass is 31.2. The van der Waals surface area contributed by atoms with Gasteiger partial charge in [-0.1, -0.05) is 0 Å². The molecule has 7 heteroatoms. The monoisotopic (exact) mass is 155 g/mol. The second kappa shape index (κ2) is 4.46. The maximum absolute atomic E-state index is 9.00. The molecule has 0 saturated carbocycles. The number of carbonyl (C=O) groups is 1. The van der Waals surface area contributed by atoms with Crippen molar-refractivity contribution in [2.24, 2.45) is 0 Å². The Bertz CT molecular complexity index is 111. The van der Waals surface area contributed by atoms with Crippen molar-refractivity contribution < 1.29 is 29.1 Å². The summed E-state index contributed by atoms with van der Waals surface area (Å²) in [5.41, 5.74) is 0. The molecule has 0 bridgehead atoms. The minimum absolute atomic E-state index is 0.833. The molecule has 0 aliphatic heterocycles. The molecular weight excluding hydrogens is 151 g/mol. The highest BCUT2D eigenvalue weighted by molar-refractivity contribution is 7.40. The smallest absolute Gasteiger partial charge is 0.300 e. The van der Waals surface area contributed by atoms with Crippen LogP contribution in [0.3, 0.4) is 0 Å². The van der Waals surface area contributed by atoms with Crippen LogP contribution in [-0.4, -0.2) is 11.1 Å². The molecule has 0 rings (SSSR count). The third kappa shape index (κ3) is 1340. The molecule has 0 atom stereocenters. The summed E-state index contributed by atoms with van der Waals surface area (Å²) in [5, 5.41) is 7.42. The molecule has 0 aromatic rings. The molecule has 0 spiro atoms. The molecule has 0 aliphatic carbocycles. The van der Waals surface area contributed by atoms with Gasteiger partial charge in [0.1, 0.15) is 0 Å². The van der Waals surface area contributed by atoms with E-state index in [1.54, 1.807) is 0 Å². The van der Waals surface area contributed by atoms with E-state index in [0.717, 1.165) is 6.92 Å². The van der Waals surface area contributed by atoms with Gasteiger partial charge in [0.15, 0.2) is 0 Å². The molecule has 6 nitrogen and oxygen atoms in total. The zero-order chi connectivity index (χ0) is 8.08. The number of phosphoric acid groups is 1. The Balaban J connectivity index is 0. The molecule has 0 radical (unpaired) electrons. The first kappa shape index (κ1) is 11.4. The summed E-state index contributed by atoms with van der Waals surface area (Å²) in [6.07, 6.45) is 0. The van der Waals surface area contributed by atoms with Crippen molar-refractivity contribution in [2.45, 2.75) is 6.92 Å². The maximum Gasteiger partial charge on any atom is 0.300 e. The third-order valence-electron chi connectivity index (χ3n) is 0. The summed E-state index contributed by atoms with van der Waals surface area (Å²) in [6, 6.07) is 0. The van der Waals surface area contributed by atoms with Gasteiger partial charge >= 0.3 is 0 Å². The first-order valence-corrected chi connectivity index (χ1v) is 3.12. The Morgan fingerprint density at radius 3 is 1.44 bits per heavy atom. The van der Waals surface area contributed by atoms with Crippen molar-refractivity contribution in [1.82, 2.24) is 0 Å². The Hall–Kier alpha value is -0.420. The van der Waals surface area contributed by atoms with Crippen LogP contribution in [0.15, 0.2) is 0 Å². The predicted molar refractivity (Wildman–Crippen MR) is 20.9 cm³/mol. The van der Waals surface area contributed by atoms with E-state index < -0.39 is 13.8 Å². The quantitative estimate of drug-likeness (QED) is 0.378. The number of aliphatic carboxylic acids is 1. The molecule has 0 saturated heterocycles. The van der Waals surface area contributed by atoms with Gasteiger partial charge in [-0.3, -0.25) is 4.79 Å². The van der Waals surface area contributed by atoms with Gasteiger partial charge in [0.25, 0.3) is 5.97 Å². The lowest BCUT2D eigenvalue weighted by Gasteiger charge is -2.36. The fraction of sp³-hybridized carbons (Fsp3) is 0.500. The lowest BCUT2D eigenvalue weighted by molar-refractivity contribution is -0.432. The van der Waals surface area contributed by atoms with Gasteiger partial charge in [0.05, 0.1) is 0 Å². The molecule has 56 valence electrons. The van der Waals surface area contributed by atoms with E-state index in [1.165, 1.54) is 0 Å². The van der Waals surface area contributed by atoms with Gasteiger partial charge in [-0.05, 0) is 0 Å². The molecule has 0 aliphatic rings. The molecule has 0 unspecified atom stereocenters. The van der Waals surface area contributed by atoms with Crippen molar-refractivity contribution in [3.8, 4) is 0 Å². The fourth-order valence-corrected chi connectivity index (χ4v) is 0. The van der Waals surface area contributed by atoms with Crippen molar-refractivity contribution >= 4 is 13.8 Å². The minimum atomic E-state index is -5.39. The normalized spacial score (nSPS) is 9.33. The number of carboxylic acid groups (broad SMARTS) is 1. The fourth-order valence-electron chi connectivity index (χ4n) is 0. The van der Waals surface area contributed by atoms with Gasteiger partial charge in [-0.2, -0.15) is 7.82 Å². The van der Waals surface area contributed by atoms with Gasteiger partial charge < -0.3 is 24.4 Å². The minimum Gasteiger partial charge on any atom is -0.822 e. The molecule has 0 amide bonds. The van der Waals surface area contributed by atoms with Gasteiger partial charge in [-0.25, -0.2) is 0 Å². The first-order chi connectivity index (χ1) is 3.73. The summed E-state index contributed by atoms with van der Waals surface area (Å²) < 4.78 is 8.55. The molecule has 0 aromatic carbocycles. The Kier molecular flexibility index (Phi) is 5.64. The average Bonchev–Trinajstić information content (AvgIpc) is 1.19. The molecule has 0 heterocycles. The van der Waals surface area contributed by atoms with E-state index in [9.17, 15) is 0 Å². The zero-order valence-corrected chi connectivity index (χ0v) is 5.33. The second-order valence-corrected chi connectivity index (χ2v) is 1.86. The van der Waals surface area contributed by atoms with E-state index in [2.05, 4.69) is 0 Å². The van der Waals surface area contributed by atoms with Crippen molar-refractivity contribution in [2.75, 3.05) is 0 Å². The van der Waals surface area contributed by atoms with Crippen LogP contribution in [0.25, 0.3) is 0 Å². The summed E-state index contributed by atoms with van der Waals surface area (Å²) in [4.78, 5) is 34.6. The Labute approximate surface area is 51.0 Å². The first-order valence-electron chi connectivity index (χ1n) is 1.66. The molecular formula is C2H4O6P-3. The van der Waals surface area contributed by atoms with Gasteiger partial charge in [0, 0.05) is 6.92 Å². The molecule has 0 aromatic heterocycles. The summed E-state index contributed by atoms with van der Waals surface area (Å²) >= 11 is 0. The van der Waals surface area contributed by atoms with E-state index in [4.69, 9.17) is 29.1 Å². The van der Waals surface area contributed by atoms with Crippen LogP contribution in [0, 0.1) is 0 Å². The standard InChI is InChI=1S/C2H4O2.H3O4P/c1-2(3)4;1-5(2,3)4/h1H3,(H,3,4);(H3,1,2,3,4)/p-3. The van der Waals surface area contributed by atoms with Crippen LogP contribution in [0.4, 0.5) is 0 Å². The SMILES string of the molecule is CC(=O)O.O=P([O-])([O-])[O-]. The highest BCUT2D eigenvalue weighted by Crippen LogP contribution is 2.03. The van der Waals surface area contributed by atoms with E-state index in [-0.39, 0.29) is 0 Å².